The molecule has 8 heteroatoms. The van der Waals surface area contributed by atoms with E-state index in [1.165, 1.54) is 32.6 Å². The van der Waals surface area contributed by atoms with E-state index in [-0.39, 0.29) is 48.0 Å². The van der Waals surface area contributed by atoms with Gasteiger partial charge in [-0.3, -0.25) is 14.4 Å². The second-order valence-electron chi connectivity index (χ2n) is 16.8. The average Bonchev–Trinajstić information content (AvgIpc) is 3.47. The Morgan fingerprint density at radius 3 is 2.32 bits per heavy atom. The fraction of sp³-hybridized carbons (Fsp3) is 0.917. The molecule has 1 heterocycles. The maximum Gasteiger partial charge on any atom is 0.306 e. The predicted molar refractivity (Wildman–Crippen MR) is 165 cm³/mol. The van der Waals surface area contributed by atoms with Gasteiger partial charge in [-0.15, -0.1) is 0 Å². The van der Waals surface area contributed by atoms with Gasteiger partial charge in [-0.2, -0.15) is 0 Å². The summed E-state index contributed by atoms with van der Waals surface area (Å²) in [4.78, 5) is 35.3. The van der Waals surface area contributed by atoms with Crippen LogP contribution >= 0.6 is 0 Å². The summed E-state index contributed by atoms with van der Waals surface area (Å²) >= 11 is 0. The van der Waals surface area contributed by atoms with Gasteiger partial charge in [-0.05, 0) is 125 Å². The minimum Gasteiger partial charge on any atom is -0.481 e. The van der Waals surface area contributed by atoms with E-state index < -0.39 is 23.6 Å². The summed E-state index contributed by atoms with van der Waals surface area (Å²) < 4.78 is 18.4. The first-order valence-electron chi connectivity index (χ1n) is 17.5. The highest BCUT2D eigenvalue weighted by Crippen LogP contribution is 2.74. The molecular weight excluding hydrogens is 560 g/mol. The summed E-state index contributed by atoms with van der Waals surface area (Å²) in [5.74, 6) is 1.15. The average molecular weight is 619 g/mol. The van der Waals surface area contributed by atoms with Crippen LogP contribution in [0.1, 0.15) is 132 Å². The standard InChI is InChI=1S/C36H58O8/c1-21-20-36(21)18-17-35(7)25-13-14-27(32(34(5,6)41)42-22(2)37)43-28(25)19-26(35)24(36)12-11-23-9-8-10-29(33(23,3)4)44-31(40)16-15-30(38)39/h21,23-29,32,41H,8-20H2,1-7H3,(H,38,39). The van der Waals surface area contributed by atoms with Gasteiger partial charge < -0.3 is 24.4 Å². The first-order chi connectivity index (χ1) is 20.5. The summed E-state index contributed by atoms with van der Waals surface area (Å²) in [5.41, 5.74) is -0.681. The molecule has 0 aromatic heterocycles. The Bertz CT molecular complexity index is 1090. The van der Waals surface area contributed by atoms with Crippen molar-refractivity contribution in [3.63, 3.8) is 0 Å². The summed E-state index contributed by atoms with van der Waals surface area (Å²) in [6, 6.07) is 0. The van der Waals surface area contributed by atoms with E-state index in [0.717, 1.165) is 50.9 Å². The second-order valence-corrected chi connectivity index (χ2v) is 16.8. The molecule has 0 aromatic rings. The van der Waals surface area contributed by atoms with Crippen LogP contribution in [0.2, 0.25) is 0 Å². The van der Waals surface area contributed by atoms with Crippen LogP contribution in [0.4, 0.5) is 0 Å². The van der Waals surface area contributed by atoms with Crippen molar-refractivity contribution in [1.29, 1.82) is 0 Å². The molecule has 5 rings (SSSR count). The number of carbonyl (C=O) groups is 3. The zero-order chi connectivity index (χ0) is 32.2. The Morgan fingerprint density at radius 2 is 1.70 bits per heavy atom. The molecule has 0 amide bonds. The second kappa shape index (κ2) is 12.2. The van der Waals surface area contributed by atoms with Crippen LogP contribution in [-0.2, 0) is 28.6 Å². The normalized spacial score (nSPS) is 41.7. The number of aliphatic hydroxyl groups is 1. The van der Waals surface area contributed by atoms with Crippen LogP contribution < -0.4 is 0 Å². The minimum atomic E-state index is -1.18. The highest BCUT2D eigenvalue weighted by molar-refractivity contribution is 5.76. The van der Waals surface area contributed by atoms with E-state index in [1.54, 1.807) is 13.8 Å². The fourth-order valence-corrected chi connectivity index (χ4v) is 10.8. The van der Waals surface area contributed by atoms with E-state index in [0.29, 0.717) is 29.1 Å². The van der Waals surface area contributed by atoms with Crippen LogP contribution in [0.3, 0.4) is 0 Å². The summed E-state index contributed by atoms with van der Waals surface area (Å²) in [5, 5.41) is 19.8. The number of aliphatic carboxylic acids is 1. The van der Waals surface area contributed by atoms with Crippen molar-refractivity contribution < 1.29 is 38.8 Å². The van der Waals surface area contributed by atoms with Gasteiger partial charge in [0.05, 0.1) is 30.7 Å². The number of rotatable bonds is 10. The van der Waals surface area contributed by atoms with Crippen molar-refractivity contribution in [2.24, 2.45) is 45.8 Å². The van der Waals surface area contributed by atoms with E-state index >= 15 is 0 Å². The number of carbonyl (C=O) groups excluding carboxylic acids is 2. The molecule has 1 spiro atoms. The molecular formula is C36H58O8. The Kier molecular flexibility index (Phi) is 9.32. The Hall–Kier alpha value is -1.67. The van der Waals surface area contributed by atoms with Crippen molar-refractivity contribution in [2.45, 2.75) is 162 Å². The number of esters is 2. The van der Waals surface area contributed by atoms with Gasteiger partial charge in [0.1, 0.15) is 6.10 Å². The SMILES string of the molecule is CC(=O)OC(C1CCC2C(CC3C(CCC4CCCC(OC(=O)CCC(=O)O)C4(C)C)C4(CCC23C)CC4C)O1)C(C)(C)O. The Morgan fingerprint density at radius 1 is 1.00 bits per heavy atom. The zero-order valence-corrected chi connectivity index (χ0v) is 28.2. The molecule has 4 aliphatic carbocycles. The van der Waals surface area contributed by atoms with Crippen LogP contribution in [0.25, 0.3) is 0 Å². The number of ether oxygens (including phenoxy) is 3. The van der Waals surface area contributed by atoms with Crippen molar-refractivity contribution >= 4 is 17.9 Å². The molecule has 8 nitrogen and oxygen atoms in total. The summed E-state index contributed by atoms with van der Waals surface area (Å²) in [7, 11) is 0. The summed E-state index contributed by atoms with van der Waals surface area (Å²) in [6.45, 7) is 14.3. The molecule has 5 fully saturated rings. The van der Waals surface area contributed by atoms with Crippen molar-refractivity contribution in [2.75, 3.05) is 0 Å². The molecule has 0 aromatic carbocycles. The topological polar surface area (TPSA) is 119 Å². The maximum absolute atomic E-state index is 12.5. The molecule has 11 atom stereocenters. The maximum atomic E-state index is 12.5. The van der Waals surface area contributed by atoms with Crippen LogP contribution in [-0.4, -0.2) is 58.1 Å². The number of hydrogen-bond acceptors (Lipinski definition) is 7. The molecule has 0 radical (unpaired) electrons. The summed E-state index contributed by atoms with van der Waals surface area (Å²) in [6.07, 6.45) is 10.7. The number of carboxylic acids is 1. The lowest BCUT2D eigenvalue weighted by Crippen LogP contribution is -2.52. The zero-order valence-electron chi connectivity index (χ0n) is 28.2. The number of carboxylic acid groups (broad SMARTS) is 1. The monoisotopic (exact) mass is 618 g/mol. The lowest BCUT2D eigenvalue weighted by atomic mass is 9.54. The minimum absolute atomic E-state index is 0.0714. The molecule has 0 bridgehead atoms. The van der Waals surface area contributed by atoms with Gasteiger partial charge in [0.2, 0.25) is 0 Å². The van der Waals surface area contributed by atoms with E-state index in [9.17, 15) is 19.5 Å². The van der Waals surface area contributed by atoms with Crippen molar-refractivity contribution in [3.8, 4) is 0 Å². The van der Waals surface area contributed by atoms with Crippen molar-refractivity contribution in [1.82, 2.24) is 0 Å². The molecule has 44 heavy (non-hydrogen) atoms. The first kappa shape index (κ1) is 33.7. The van der Waals surface area contributed by atoms with Gasteiger partial charge in [0, 0.05) is 12.3 Å². The van der Waals surface area contributed by atoms with E-state index in [1.807, 2.05) is 0 Å². The molecule has 1 aliphatic heterocycles. The lowest BCUT2D eigenvalue weighted by molar-refractivity contribution is -0.200. The predicted octanol–water partition coefficient (Wildman–Crippen LogP) is 6.70. The fourth-order valence-electron chi connectivity index (χ4n) is 10.8. The van der Waals surface area contributed by atoms with Crippen LogP contribution in [0.15, 0.2) is 0 Å². The third-order valence-electron chi connectivity index (χ3n) is 13.5. The third-order valence-corrected chi connectivity index (χ3v) is 13.5. The third kappa shape index (κ3) is 6.32. The quantitative estimate of drug-likeness (QED) is 0.260. The molecule has 1 saturated heterocycles. The molecule has 2 N–H and O–H groups in total. The van der Waals surface area contributed by atoms with E-state index in [4.69, 9.17) is 19.3 Å². The van der Waals surface area contributed by atoms with E-state index in [2.05, 4.69) is 27.7 Å². The molecule has 250 valence electrons. The lowest BCUT2D eigenvalue weighted by Gasteiger charge is -2.52. The first-order valence-corrected chi connectivity index (χ1v) is 17.5. The van der Waals surface area contributed by atoms with Gasteiger partial charge in [0.15, 0.2) is 6.10 Å². The van der Waals surface area contributed by atoms with Crippen LogP contribution in [0.5, 0.6) is 0 Å². The largest absolute Gasteiger partial charge is 0.481 e. The number of hydrogen-bond donors (Lipinski definition) is 2. The highest BCUT2D eigenvalue weighted by atomic mass is 16.6. The number of fused-ring (bicyclic) bond motifs is 3. The highest BCUT2D eigenvalue weighted by Gasteiger charge is 2.68. The molecule has 4 saturated carbocycles. The Labute approximate surface area is 264 Å². The van der Waals surface area contributed by atoms with Gasteiger partial charge in [-0.25, -0.2) is 0 Å². The molecule has 11 unspecified atom stereocenters. The van der Waals surface area contributed by atoms with Crippen LogP contribution in [0, 0.1) is 45.8 Å². The molecule has 5 aliphatic rings. The van der Waals surface area contributed by atoms with Gasteiger partial charge in [0.25, 0.3) is 0 Å². The van der Waals surface area contributed by atoms with Crippen molar-refractivity contribution in [3.05, 3.63) is 0 Å². The van der Waals surface area contributed by atoms with Gasteiger partial charge in [-0.1, -0.05) is 27.7 Å². The smallest absolute Gasteiger partial charge is 0.306 e. The Balaban J connectivity index is 1.29. The van der Waals surface area contributed by atoms with Gasteiger partial charge >= 0.3 is 17.9 Å².